The van der Waals surface area contributed by atoms with Crippen LogP contribution >= 0.6 is 24.8 Å². The van der Waals surface area contributed by atoms with Gasteiger partial charge in [0.15, 0.2) is 0 Å². The molecule has 1 amide bonds. The molecule has 0 spiro atoms. The average Bonchev–Trinajstić information content (AvgIpc) is 2.89. The largest absolute Gasteiger partial charge is 0.379 e. The van der Waals surface area contributed by atoms with Gasteiger partial charge in [0.05, 0.1) is 19.3 Å². The summed E-state index contributed by atoms with van der Waals surface area (Å²) in [5.74, 6) is -0.000732. The van der Waals surface area contributed by atoms with E-state index in [1.165, 1.54) is 0 Å². The molecule has 0 bridgehead atoms. The zero-order chi connectivity index (χ0) is 12.8. The van der Waals surface area contributed by atoms with Crippen LogP contribution in [0, 0.1) is 0 Å². The Hall–Kier alpha value is -0.110. The van der Waals surface area contributed by atoms with E-state index in [1.54, 1.807) is 0 Å². The van der Waals surface area contributed by atoms with Gasteiger partial charge in [-0.05, 0) is 12.8 Å². The fourth-order valence-corrected chi connectivity index (χ4v) is 2.35. The van der Waals surface area contributed by atoms with E-state index in [9.17, 15) is 4.79 Å². The van der Waals surface area contributed by atoms with E-state index in [2.05, 4.69) is 10.2 Å². The highest BCUT2D eigenvalue weighted by atomic mass is 35.5. The molecule has 2 aliphatic heterocycles. The molecule has 2 saturated heterocycles. The molecule has 2 aliphatic rings. The number of amides is 1. The standard InChI is InChI=1S/C12H23N3O3.2ClH/c13-9-10-1-2-11(18-10)12(16)14-3-4-15-5-7-17-8-6-15;;/h10-11H,1-9,13H2,(H,14,16);2*1H/t10-,11+;;/m1../s1. The van der Waals surface area contributed by atoms with Gasteiger partial charge in [-0.2, -0.15) is 0 Å². The molecule has 0 saturated carbocycles. The number of nitrogens with zero attached hydrogens (tertiary/aromatic N) is 1. The molecule has 0 aromatic rings. The minimum absolute atomic E-state index is 0. The normalized spacial score (nSPS) is 26.4. The number of carbonyl (C=O) groups is 1. The van der Waals surface area contributed by atoms with Crippen LogP contribution in [0.3, 0.4) is 0 Å². The van der Waals surface area contributed by atoms with Gasteiger partial charge in [0.25, 0.3) is 0 Å². The van der Waals surface area contributed by atoms with Crippen molar-refractivity contribution in [2.45, 2.75) is 25.0 Å². The second-order valence-corrected chi connectivity index (χ2v) is 4.80. The van der Waals surface area contributed by atoms with Crippen LogP contribution < -0.4 is 11.1 Å². The summed E-state index contributed by atoms with van der Waals surface area (Å²) in [5, 5.41) is 2.93. The third-order valence-corrected chi connectivity index (χ3v) is 3.49. The lowest BCUT2D eigenvalue weighted by Crippen LogP contribution is -2.43. The number of hydrogen-bond acceptors (Lipinski definition) is 5. The summed E-state index contributed by atoms with van der Waals surface area (Å²) in [6.45, 7) is 5.53. The SMILES string of the molecule is Cl.Cl.NC[C@H]1CC[C@@H](C(=O)NCCN2CCOCC2)O1. The topological polar surface area (TPSA) is 76.8 Å². The third-order valence-electron chi connectivity index (χ3n) is 3.49. The number of halogens is 2. The van der Waals surface area contributed by atoms with E-state index >= 15 is 0 Å². The lowest BCUT2D eigenvalue weighted by molar-refractivity contribution is -0.131. The van der Waals surface area contributed by atoms with Crippen molar-refractivity contribution in [3.8, 4) is 0 Å². The number of morpholine rings is 1. The van der Waals surface area contributed by atoms with Gasteiger partial charge in [-0.25, -0.2) is 0 Å². The molecule has 0 aromatic carbocycles. The smallest absolute Gasteiger partial charge is 0.249 e. The molecule has 0 unspecified atom stereocenters. The molecule has 120 valence electrons. The maximum absolute atomic E-state index is 11.8. The zero-order valence-corrected chi connectivity index (χ0v) is 13.2. The van der Waals surface area contributed by atoms with E-state index < -0.39 is 0 Å². The van der Waals surface area contributed by atoms with Crippen molar-refractivity contribution in [3.63, 3.8) is 0 Å². The summed E-state index contributed by atoms with van der Waals surface area (Å²) in [6, 6.07) is 0. The Kier molecular flexibility index (Phi) is 10.5. The maximum atomic E-state index is 11.8. The van der Waals surface area contributed by atoms with Gasteiger partial charge >= 0.3 is 0 Å². The molecule has 0 aromatic heterocycles. The number of nitrogens with two attached hydrogens (primary N) is 1. The molecule has 8 heteroatoms. The fourth-order valence-electron chi connectivity index (χ4n) is 2.35. The highest BCUT2D eigenvalue weighted by molar-refractivity contribution is 5.85. The van der Waals surface area contributed by atoms with E-state index in [4.69, 9.17) is 15.2 Å². The van der Waals surface area contributed by atoms with Crippen LogP contribution in [-0.2, 0) is 14.3 Å². The number of rotatable bonds is 5. The Morgan fingerprint density at radius 1 is 1.25 bits per heavy atom. The summed E-state index contributed by atoms with van der Waals surface area (Å²) in [7, 11) is 0. The summed E-state index contributed by atoms with van der Waals surface area (Å²) in [4.78, 5) is 14.1. The highest BCUT2D eigenvalue weighted by Gasteiger charge is 2.29. The summed E-state index contributed by atoms with van der Waals surface area (Å²) in [5.41, 5.74) is 5.52. The highest BCUT2D eigenvalue weighted by Crippen LogP contribution is 2.18. The van der Waals surface area contributed by atoms with Gasteiger partial charge in [-0.15, -0.1) is 24.8 Å². The monoisotopic (exact) mass is 329 g/mol. The Balaban J connectivity index is 0.00000180. The number of hydrogen-bond donors (Lipinski definition) is 2. The Morgan fingerprint density at radius 2 is 1.95 bits per heavy atom. The fraction of sp³-hybridized carbons (Fsp3) is 0.917. The molecule has 2 fully saturated rings. The first kappa shape index (κ1) is 19.9. The van der Waals surface area contributed by atoms with Crippen molar-refractivity contribution >= 4 is 30.7 Å². The molecule has 2 heterocycles. The van der Waals surface area contributed by atoms with Gasteiger partial charge in [0, 0.05) is 32.7 Å². The molecule has 0 radical (unpaired) electrons. The van der Waals surface area contributed by atoms with Crippen LogP contribution in [-0.4, -0.2) is 69.0 Å². The van der Waals surface area contributed by atoms with E-state index in [-0.39, 0.29) is 42.9 Å². The van der Waals surface area contributed by atoms with E-state index in [0.717, 1.165) is 45.7 Å². The molecular weight excluding hydrogens is 305 g/mol. The second kappa shape index (κ2) is 10.6. The quantitative estimate of drug-likeness (QED) is 0.729. The van der Waals surface area contributed by atoms with Crippen molar-refractivity contribution < 1.29 is 14.3 Å². The van der Waals surface area contributed by atoms with Crippen molar-refractivity contribution in [3.05, 3.63) is 0 Å². The summed E-state index contributed by atoms with van der Waals surface area (Å²) >= 11 is 0. The Morgan fingerprint density at radius 3 is 2.55 bits per heavy atom. The van der Waals surface area contributed by atoms with Crippen molar-refractivity contribution in [2.24, 2.45) is 5.73 Å². The first-order valence-corrected chi connectivity index (χ1v) is 6.73. The van der Waals surface area contributed by atoms with Gasteiger partial charge in [-0.3, -0.25) is 9.69 Å². The Bertz CT molecular complexity index is 279. The second-order valence-electron chi connectivity index (χ2n) is 4.80. The van der Waals surface area contributed by atoms with Crippen molar-refractivity contribution in [1.29, 1.82) is 0 Å². The van der Waals surface area contributed by atoms with Crippen LogP contribution in [0.4, 0.5) is 0 Å². The lowest BCUT2D eigenvalue weighted by atomic mass is 10.2. The molecular formula is C12H25Cl2N3O3. The van der Waals surface area contributed by atoms with Gasteiger partial charge in [0.1, 0.15) is 6.10 Å². The zero-order valence-electron chi connectivity index (χ0n) is 11.6. The Labute approximate surface area is 132 Å². The minimum Gasteiger partial charge on any atom is -0.379 e. The van der Waals surface area contributed by atoms with Crippen LogP contribution in [0.2, 0.25) is 0 Å². The minimum atomic E-state index is -0.303. The van der Waals surface area contributed by atoms with E-state index in [1.807, 2.05) is 0 Å². The third kappa shape index (κ3) is 6.11. The van der Waals surface area contributed by atoms with Crippen molar-refractivity contribution in [1.82, 2.24) is 10.2 Å². The first-order chi connectivity index (χ1) is 8.79. The molecule has 20 heavy (non-hydrogen) atoms. The van der Waals surface area contributed by atoms with Crippen LogP contribution in [0.5, 0.6) is 0 Å². The van der Waals surface area contributed by atoms with Crippen LogP contribution in [0.25, 0.3) is 0 Å². The maximum Gasteiger partial charge on any atom is 0.249 e. The van der Waals surface area contributed by atoms with Gasteiger partial charge in [0.2, 0.25) is 5.91 Å². The molecule has 2 atom stereocenters. The van der Waals surface area contributed by atoms with Gasteiger partial charge in [-0.1, -0.05) is 0 Å². The number of ether oxygens (including phenoxy) is 2. The average molecular weight is 330 g/mol. The number of carbonyl (C=O) groups excluding carboxylic acids is 1. The predicted octanol–water partition coefficient (Wildman–Crippen LogP) is -0.215. The molecule has 0 aliphatic carbocycles. The summed E-state index contributed by atoms with van der Waals surface area (Å²) in [6.07, 6.45) is 1.42. The summed E-state index contributed by atoms with van der Waals surface area (Å²) < 4.78 is 10.8. The molecule has 6 nitrogen and oxygen atoms in total. The predicted molar refractivity (Wildman–Crippen MR) is 81.7 cm³/mol. The molecule has 2 rings (SSSR count). The van der Waals surface area contributed by atoms with Crippen LogP contribution in [0.15, 0.2) is 0 Å². The number of nitrogens with one attached hydrogen (secondary N) is 1. The molecule has 3 N–H and O–H groups in total. The van der Waals surface area contributed by atoms with Crippen molar-refractivity contribution in [2.75, 3.05) is 45.9 Å². The van der Waals surface area contributed by atoms with Crippen LogP contribution in [0.1, 0.15) is 12.8 Å². The lowest BCUT2D eigenvalue weighted by Gasteiger charge is -2.26. The van der Waals surface area contributed by atoms with Gasteiger partial charge < -0.3 is 20.5 Å². The first-order valence-electron chi connectivity index (χ1n) is 6.73. The van der Waals surface area contributed by atoms with E-state index in [0.29, 0.717) is 13.1 Å².